The monoisotopic (exact) mass is 268 g/mol. The van der Waals surface area contributed by atoms with Gasteiger partial charge in [-0.3, -0.25) is 0 Å². The SMILES string of the molecule is CC1CCN(C2CCCC(CO)(NC(C)C)C2)CC1. The van der Waals surface area contributed by atoms with Gasteiger partial charge in [0.25, 0.3) is 0 Å². The Labute approximate surface area is 118 Å². The lowest BCUT2D eigenvalue weighted by Gasteiger charge is -2.47. The number of hydrogen-bond donors (Lipinski definition) is 2. The van der Waals surface area contributed by atoms with Gasteiger partial charge in [-0.25, -0.2) is 0 Å². The quantitative estimate of drug-likeness (QED) is 0.822. The molecule has 1 saturated carbocycles. The Morgan fingerprint density at radius 3 is 2.53 bits per heavy atom. The van der Waals surface area contributed by atoms with E-state index in [2.05, 4.69) is 31.0 Å². The second kappa shape index (κ2) is 6.55. The lowest BCUT2D eigenvalue weighted by molar-refractivity contribution is 0.0401. The maximum absolute atomic E-state index is 9.87. The van der Waals surface area contributed by atoms with E-state index >= 15 is 0 Å². The highest BCUT2D eigenvalue weighted by atomic mass is 16.3. The van der Waals surface area contributed by atoms with Crippen LogP contribution in [0.3, 0.4) is 0 Å². The summed E-state index contributed by atoms with van der Waals surface area (Å²) in [5, 5.41) is 13.5. The van der Waals surface area contributed by atoms with Crippen molar-refractivity contribution in [2.75, 3.05) is 19.7 Å². The van der Waals surface area contributed by atoms with Crippen LogP contribution in [0.1, 0.15) is 59.3 Å². The van der Waals surface area contributed by atoms with E-state index in [1.165, 1.54) is 38.8 Å². The molecule has 2 aliphatic rings. The van der Waals surface area contributed by atoms with Gasteiger partial charge in [0.1, 0.15) is 0 Å². The van der Waals surface area contributed by atoms with Crippen LogP contribution >= 0.6 is 0 Å². The van der Waals surface area contributed by atoms with Gasteiger partial charge >= 0.3 is 0 Å². The summed E-state index contributed by atoms with van der Waals surface area (Å²) < 4.78 is 0. The molecular formula is C16H32N2O. The Hall–Kier alpha value is -0.120. The number of piperidine rings is 1. The minimum Gasteiger partial charge on any atom is -0.394 e. The van der Waals surface area contributed by atoms with Crippen LogP contribution in [0.4, 0.5) is 0 Å². The molecular weight excluding hydrogens is 236 g/mol. The lowest BCUT2D eigenvalue weighted by Crippen LogP contribution is -2.58. The van der Waals surface area contributed by atoms with Gasteiger partial charge in [-0.2, -0.15) is 0 Å². The van der Waals surface area contributed by atoms with Crippen LogP contribution in [-0.4, -0.2) is 47.3 Å². The molecule has 0 amide bonds. The maximum atomic E-state index is 9.87. The predicted octanol–water partition coefficient (Wildman–Crippen LogP) is 2.39. The molecule has 0 aromatic heterocycles. The molecule has 112 valence electrons. The molecule has 3 nitrogen and oxygen atoms in total. The molecule has 0 bridgehead atoms. The van der Waals surface area contributed by atoms with Crippen molar-refractivity contribution in [3.63, 3.8) is 0 Å². The molecule has 2 atom stereocenters. The van der Waals surface area contributed by atoms with Crippen molar-refractivity contribution in [3.05, 3.63) is 0 Å². The molecule has 0 aromatic carbocycles. The summed E-state index contributed by atoms with van der Waals surface area (Å²) in [6.45, 7) is 9.54. The van der Waals surface area contributed by atoms with Crippen LogP contribution in [0.15, 0.2) is 0 Å². The molecule has 2 N–H and O–H groups in total. The summed E-state index contributed by atoms with van der Waals surface area (Å²) in [7, 11) is 0. The first-order valence-corrected chi connectivity index (χ1v) is 8.17. The first kappa shape index (κ1) is 15.3. The van der Waals surface area contributed by atoms with Crippen LogP contribution in [-0.2, 0) is 0 Å². The Morgan fingerprint density at radius 1 is 1.26 bits per heavy atom. The second-order valence-electron chi connectivity index (χ2n) is 7.21. The zero-order valence-corrected chi connectivity index (χ0v) is 13.0. The van der Waals surface area contributed by atoms with E-state index in [1.54, 1.807) is 0 Å². The third kappa shape index (κ3) is 3.93. The summed E-state index contributed by atoms with van der Waals surface area (Å²) in [5.41, 5.74) is -0.0276. The second-order valence-corrected chi connectivity index (χ2v) is 7.21. The van der Waals surface area contributed by atoms with E-state index in [9.17, 15) is 5.11 Å². The topological polar surface area (TPSA) is 35.5 Å². The molecule has 1 saturated heterocycles. The number of nitrogens with zero attached hydrogens (tertiary/aromatic N) is 1. The molecule has 2 rings (SSSR count). The zero-order valence-electron chi connectivity index (χ0n) is 13.0. The standard InChI is InChI=1S/C16H32N2O/c1-13(2)17-16(12-19)8-4-5-15(11-16)18-9-6-14(3)7-10-18/h13-15,17,19H,4-12H2,1-3H3. The van der Waals surface area contributed by atoms with Crippen molar-refractivity contribution in [1.29, 1.82) is 0 Å². The van der Waals surface area contributed by atoms with Crippen LogP contribution in [0, 0.1) is 5.92 Å². The predicted molar refractivity (Wildman–Crippen MR) is 80.3 cm³/mol. The van der Waals surface area contributed by atoms with Crippen molar-refractivity contribution in [2.45, 2.75) is 76.9 Å². The molecule has 0 radical (unpaired) electrons. The molecule has 2 unspecified atom stereocenters. The Balaban J connectivity index is 1.95. The molecule has 0 spiro atoms. The number of likely N-dealkylation sites (tertiary alicyclic amines) is 1. The fourth-order valence-electron chi connectivity index (χ4n) is 3.97. The fourth-order valence-corrected chi connectivity index (χ4v) is 3.97. The number of rotatable bonds is 4. The van der Waals surface area contributed by atoms with Gasteiger partial charge in [0.2, 0.25) is 0 Å². The highest BCUT2D eigenvalue weighted by Gasteiger charge is 2.38. The number of aliphatic hydroxyl groups excluding tert-OH is 1. The van der Waals surface area contributed by atoms with E-state index in [4.69, 9.17) is 0 Å². The summed E-state index contributed by atoms with van der Waals surface area (Å²) in [6, 6.07) is 1.13. The highest BCUT2D eigenvalue weighted by molar-refractivity contribution is 4.97. The zero-order chi connectivity index (χ0) is 13.9. The van der Waals surface area contributed by atoms with Crippen molar-refractivity contribution in [1.82, 2.24) is 10.2 Å². The molecule has 0 aromatic rings. The maximum Gasteiger partial charge on any atom is 0.0613 e. The van der Waals surface area contributed by atoms with E-state index in [-0.39, 0.29) is 12.1 Å². The molecule has 2 fully saturated rings. The van der Waals surface area contributed by atoms with Crippen LogP contribution in [0.5, 0.6) is 0 Å². The fraction of sp³-hybridized carbons (Fsp3) is 1.00. The summed E-state index contributed by atoms with van der Waals surface area (Å²) in [6.07, 6.45) is 7.51. The number of aliphatic hydroxyl groups is 1. The van der Waals surface area contributed by atoms with Crippen molar-refractivity contribution >= 4 is 0 Å². The minimum absolute atomic E-state index is 0.0276. The van der Waals surface area contributed by atoms with Crippen molar-refractivity contribution in [3.8, 4) is 0 Å². The average molecular weight is 268 g/mol. The number of hydrogen-bond acceptors (Lipinski definition) is 3. The van der Waals surface area contributed by atoms with E-state index in [0.29, 0.717) is 12.1 Å². The third-order valence-corrected chi connectivity index (χ3v) is 5.05. The van der Waals surface area contributed by atoms with Crippen LogP contribution in [0.25, 0.3) is 0 Å². The molecule has 1 aliphatic carbocycles. The first-order valence-electron chi connectivity index (χ1n) is 8.17. The van der Waals surface area contributed by atoms with Gasteiger partial charge in [-0.15, -0.1) is 0 Å². The molecule has 1 aliphatic heterocycles. The van der Waals surface area contributed by atoms with Gasteiger partial charge in [-0.1, -0.05) is 20.8 Å². The smallest absolute Gasteiger partial charge is 0.0613 e. The van der Waals surface area contributed by atoms with E-state index < -0.39 is 0 Å². The van der Waals surface area contributed by atoms with E-state index in [0.717, 1.165) is 18.8 Å². The van der Waals surface area contributed by atoms with Gasteiger partial charge in [0, 0.05) is 17.6 Å². The van der Waals surface area contributed by atoms with Crippen LogP contribution in [0.2, 0.25) is 0 Å². The molecule has 3 heteroatoms. The first-order chi connectivity index (χ1) is 9.04. The van der Waals surface area contributed by atoms with Gasteiger partial charge in [-0.05, 0) is 57.5 Å². The summed E-state index contributed by atoms with van der Waals surface area (Å²) >= 11 is 0. The molecule has 1 heterocycles. The van der Waals surface area contributed by atoms with Crippen molar-refractivity contribution < 1.29 is 5.11 Å². The number of nitrogens with one attached hydrogen (secondary N) is 1. The van der Waals surface area contributed by atoms with E-state index in [1.807, 2.05) is 0 Å². The normalized spacial score (nSPS) is 34.9. The Morgan fingerprint density at radius 2 is 1.95 bits per heavy atom. The summed E-state index contributed by atoms with van der Waals surface area (Å²) in [4.78, 5) is 2.69. The minimum atomic E-state index is -0.0276. The summed E-state index contributed by atoms with van der Waals surface area (Å²) in [5.74, 6) is 0.899. The Kier molecular flexibility index (Phi) is 5.27. The van der Waals surface area contributed by atoms with Crippen molar-refractivity contribution in [2.24, 2.45) is 5.92 Å². The molecule has 19 heavy (non-hydrogen) atoms. The largest absolute Gasteiger partial charge is 0.394 e. The lowest BCUT2D eigenvalue weighted by atomic mass is 9.77. The van der Waals surface area contributed by atoms with Gasteiger partial charge < -0.3 is 15.3 Å². The van der Waals surface area contributed by atoms with Gasteiger partial charge in [0.05, 0.1) is 6.61 Å². The third-order valence-electron chi connectivity index (χ3n) is 5.05. The van der Waals surface area contributed by atoms with Gasteiger partial charge in [0.15, 0.2) is 0 Å². The highest BCUT2D eigenvalue weighted by Crippen LogP contribution is 2.33. The Bertz CT molecular complexity index is 274. The average Bonchev–Trinajstić information content (AvgIpc) is 2.39. The van der Waals surface area contributed by atoms with Crippen LogP contribution < -0.4 is 5.32 Å².